The third-order valence-electron chi connectivity index (χ3n) is 6.37. The van der Waals surface area contributed by atoms with E-state index in [2.05, 4.69) is 30.7 Å². The summed E-state index contributed by atoms with van der Waals surface area (Å²) in [6, 6.07) is 11.6. The molecule has 1 saturated heterocycles. The van der Waals surface area contributed by atoms with E-state index in [9.17, 15) is 4.79 Å². The van der Waals surface area contributed by atoms with Gasteiger partial charge in [0.25, 0.3) is 0 Å². The summed E-state index contributed by atoms with van der Waals surface area (Å²) >= 11 is 12.6. The highest BCUT2D eigenvalue weighted by molar-refractivity contribution is 6.35. The van der Waals surface area contributed by atoms with Crippen molar-refractivity contribution >= 4 is 62.9 Å². The average Bonchev–Trinajstić information content (AvgIpc) is 3.31. The van der Waals surface area contributed by atoms with Gasteiger partial charge in [0.05, 0.1) is 40.2 Å². The van der Waals surface area contributed by atoms with Crippen LogP contribution in [-0.4, -0.2) is 47.4 Å². The Labute approximate surface area is 230 Å². The van der Waals surface area contributed by atoms with Gasteiger partial charge in [-0.15, -0.1) is 0 Å². The first-order valence-corrected chi connectivity index (χ1v) is 13.2. The Hall–Kier alpha value is -3.53. The van der Waals surface area contributed by atoms with Crippen LogP contribution >= 0.6 is 23.2 Å². The van der Waals surface area contributed by atoms with Crippen LogP contribution in [0.2, 0.25) is 10.0 Å². The van der Waals surface area contributed by atoms with Gasteiger partial charge >= 0.3 is 0 Å². The van der Waals surface area contributed by atoms with Crippen LogP contribution in [-0.2, 0) is 9.53 Å². The molecule has 1 aliphatic rings. The zero-order chi connectivity index (χ0) is 26.6. The van der Waals surface area contributed by atoms with E-state index in [0.717, 1.165) is 35.4 Å². The first kappa shape index (κ1) is 26.1. The van der Waals surface area contributed by atoms with Crippen LogP contribution in [0.4, 0.5) is 22.9 Å². The molecule has 2 aromatic carbocycles. The first-order valence-electron chi connectivity index (χ1n) is 12.4. The largest absolute Gasteiger partial charge is 0.486 e. The number of nitrogens with zero attached hydrogens (tertiary/aromatic N) is 3. The molecule has 4 aromatic rings. The minimum absolute atomic E-state index is 0.0721. The number of carbonyl (C=O) groups is 1. The number of hydrogen-bond acceptors (Lipinski definition) is 7. The van der Waals surface area contributed by atoms with E-state index in [0.29, 0.717) is 52.5 Å². The maximum Gasteiger partial charge on any atom is 0.224 e. The maximum absolute atomic E-state index is 12.3. The van der Waals surface area contributed by atoms with Gasteiger partial charge in [0.15, 0.2) is 5.82 Å². The summed E-state index contributed by atoms with van der Waals surface area (Å²) < 4.78 is 11.7. The Morgan fingerprint density at radius 3 is 2.63 bits per heavy atom. The monoisotopic (exact) mass is 554 g/mol. The Morgan fingerprint density at radius 2 is 1.89 bits per heavy atom. The zero-order valence-electron chi connectivity index (χ0n) is 21.1. The molecule has 0 radical (unpaired) electrons. The third kappa shape index (κ3) is 5.65. The van der Waals surface area contributed by atoms with E-state index in [1.807, 2.05) is 50.2 Å². The molecule has 198 valence electrons. The predicted molar refractivity (Wildman–Crippen MR) is 151 cm³/mol. The van der Waals surface area contributed by atoms with Crippen LogP contribution in [0.1, 0.15) is 31.9 Å². The number of morpholine rings is 1. The number of rotatable bonds is 8. The fraction of sp³-hybridized carbons (Fsp3) is 0.296. The van der Waals surface area contributed by atoms with Crippen molar-refractivity contribution in [2.45, 2.75) is 26.4 Å². The Bertz CT molecular complexity index is 1430. The van der Waals surface area contributed by atoms with Crippen molar-refractivity contribution in [1.29, 1.82) is 0 Å². The first-order chi connectivity index (χ1) is 18.4. The Balaban J connectivity index is 1.42. The molecule has 1 amide bonds. The van der Waals surface area contributed by atoms with Gasteiger partial charge in [-0.3, -0.25) is 14.9 Å². The smallest absolute Gasteiger partial charge is 0.224 e. The van der Waals surface area contributed by atoms with Crippen LogP contribution in [0.15, 0.2) is 48.8 Å². The van der Waals surface area contributed by atoms with E-state index in [-0.39, 0.29) is 5.91 Å². The van der Waals surface area contributed by atoms with Crippen LogP contribution < -0.4 is 20.3 Å². The number of H-pyrrole nitrogens is 1. The molecule has 0 aliphatic carbocycles. The molecule has 11 heteroatoms. The average molecular weight is 555 g/mol. The highest BCUT2D eigenvalue weighted by atomic mass is 35.5. The number of nitrogens with one attached hydrogen (secondary N) is 3. The Kier molecular flexibility index (Phi) is 7.87. The summed E-state index contributed by atoms with van der Waals surface area (Å²) in [7, 11) is 0. The van der Waals surface area contributed by atoms with Gasteiger partial charge in [-0.25, -0.2) is 0 Å². The molecule has 1 aliphatic heterocycles. The van der Waals surface area contributed by atoms with Gasteiger partial charge in [-0.05, 0) is 43.3 Å². The number of carbonyl (C=O) groups excluding carboxylic acids is 1. The number of amides is 1. The number of halogens is 2. The Morgan fingerprint density at radius 1 is 1.13 bits per heavy atom. The third-order valence-corrected chi connectivity index (χ3v) is 6.97. The summed E-state index contributed by atoms with van der Waals surface area (Å²) in [5.41, 5.74) is 3.93. The minimum atomic E-state index is -0.401. The van der Waals surface area contributed by atoms with Gasteiger partial charge in [-0.2, -0.15) is 5.10 Å². The van der Waals surface area contributed by atoms with E-state index in [4.69, 9.17) is 32.7 Å². The molecule has 5 rings (SSSR count). The number of pyridine rings is 1. The lowest BCUT2D eigenvalue weighted by Crippen LogP contribution is -2.36. The van der Waals surface area contributed by atoms with Gasteiger partial charge in [0.2, 0.25) is 5.91 Å². The highest BCUT2D eigenvalue weighted by Crippen LogP contribution is 2.36. The topological polar surface area (TPSA) is 104 Å². The number of hydrogen-bond donors (Lipinski definition) is 3. The van der Waals surface area contributed by atoms with Crippen molar-refractivity contribution in [2.24, 2.45) is 0 Å². The molecule has 0 unspecified atom stereocenters. The molecule has 0 bridgehead atoms. The highest BCUT2D eigenvalue weighted by Gasteiger charge is 2.18. The quantitative estimate of drug-likeness (QED) is 0.233. The zero-order valence-corrected chi connectivity index (χ0v) is 22.6. The van der Waals surface area contributed by atoms with Crippen LogP contribution in [0.25, 0.3) is 10.9 Å². The summed E-state index contributed by atoms with van der Waals surface area (Å²) in [6.07, 6.45) is 3.06. The van der Waals surface area contributed by atoms with E-state index in [1.165, 1.54) is 0 Å². The maximum atomic E-state index is 12.3. The molecule has 1 fully saturated rings. The lowest BCUT2D eigenvalue weighted by atomic mass is 10.1. The molecule has 2 aromatic heterocycles. The molecule has 1 atom stereocenters. The van der Waals surface area contributed by atoms with Crippen molar-refractivity contribution in [3.8, 4) is 5.75 Å². The molecule has 3 heterocycles. The van der Waals surface area contributed by atoms with Crippen molar-refractivity contribution < 1.29 is 14.3 Å². The molecule has 9 nitrogen and oxygen atoms in total. The van der Waals surface area contributed by atoms with E-state index < -0.39 is 6.10 Å². The number of fused-ring (bicyclic) bond motifs is 1. The van der Waals surface area contributed by atoms with E-state index >= 15 is 0 Å². The number of benzene rings is 2. The number of aromatic amines is 1. The van der Waals surface area contributed by atoms with Crippen molar-refractivity contribution in [2.75, 3.05) is 41.8 Å². The molecular formula is C27H28Cl2N6O3. The minimum Gasteiger partial charge on any atom is -0.486 e. The molecular weight excluding hydrogens is 527 g/mol. The summed E-state index contributed by atoms with van der Waals surface area (Å²) in [4.78, 5) is 18.6. The number of ether oxygens (including phenoxy) is 2. The second-order valence-electron chi connectivity index (χ2n) is 8.91. The normalized spacial score (nSPS) is 14.4. The fourth-order valence-electron chi connectivity index (χ4n) is 4.36. The summed E-state index contributed by atoms with van der Waals surface area (Å²) in [5, 5.41) is 15.6. The van der Waals surface area contributed by atoms with Crippen molar-refractivity contribution in [3.05, 3.63) is 64.4 Å². The number of anilines is 4. The van der Waals surface area contributed by atoms with Gasteiger partial charge in [0, 0.05) is 48.5 Å². The van der Waals surface area contributed by atoms with Crippen LogP contribution in [0, 0.1) is 0 Å². The summed E-state index contributed by atoms with van der Waals surface area (Å²) in [6.45, 7) is 6.66. The van der Waals surface area contributed by atoms with E-state index in [1.54, 1.807) is 12.4 Å². The molecule has 0 spiro atoms. The fourth-order valence-corrected chi connectivity index (χ4v) is 5.04. The lowest BCUT2D eigenvalue weighted by molar-refractivity contribution is -0.115. The number of aromatic nitrogens is 3. The van der Waals surface area contributed by atoms with Gasteiger partial charge in [0.1, 0.15) is 11.9 Å². The second-order valence-corrected chi connectivity index (χ2v) is 9.73. The lowest BCUT2D eigenvalue weighted by Gasteiger charge is -2.29. The van der Waals surface area contributed by atoms with Gasteiger partial charge in [-0.1, -0.05) is 30.1 Å². The molecule has 3 N–H and O–H groups in total. The second kappa shape index (κ2) is 11.5. The van der Waals surface area contributed by atoms with Gasteiger partial charge < -0.3 is 25.0 Å². The summed E-state index contributed by atoms with van der Waals surface area (Å²) in [5.74, 6) is 1.15. The standard InChI is InChI=1S/C27H28Cl2N6O3/c1-3-25(36)31-24-12-17(35-8-10-37-11-9-35)4-6-23(24)32-27-19-13-18(5-7-22(19)33-34-27)38-16(2)26-20(28)14-30-15-21(26)29/h4-7,12-16H,3,8-11H2,1-2H3,(H,31,36)(H2,32,33,34)/t16-/m1/s1. The van der Waals surface area contributed by atoms with Crippen LogP contribution in [0.5, 0.6) is 5.75 Å². The molecule has 0 saturated carbocycles. The predicted octanol–water partition coefficient (Wildman–Crippen LogP) is 6.33. The SMILES string of the molecule is CCC(=O)Nc1cc(N2CCOCC2)ccc1Nc1n[nH]c2ccc(O[C@H](C)c3c(Cl)cncc3Cl)cc12. The molecule has 38 heavy (non-hydrogen) atoms. The van der Waals surface area contributed by atoms with Crippen LogP contribution in [0.3, 0.4) is 0 Å². The van der Waals surface area contributed by atoms with Crippen molar-refractivity contribution in [1.82, 2.24) is 15.2 Å². The van der Waals surface area contributed by atoms with Crippen molar-refractivity contribution in [3.63, 3.8) is 0 Å².